The lowest BCUT2D eigenvalue weighted by atomic mass is 10.1. The quantitative estimate of drug-likeness (QED) is 0.769. The highest BCUT2D eigenvalue weighted by Crippen LogP contribution is 2.15. The number of hydrogen-bond acceptors (Lipinski definition) is 3. The van der Waals surface area contributed by atoms with Gasteiger partial charge in [-0.25, -0.2) is 0 Å². The minimum atomic E-state index is -0.402. The van der Waals surface area contributed by atoms with E-state index in [1.165, 1.54) is 0 Å². The zero-order chi connectivity index (χ0) is 13.9. The van der Waals surface area contributed by atoms with Crippen molar-refractivity contribution in [3.8, 4) is 0 Å². The fraction of sp³-hybridized carbons (Fsp3) is 0.846. The molecule has 2 N–H and O–H groups in total. The number of nitrogens with one attached hydrogen (secondary N) is 2. The maximum absolute atomic E-state index is 12.1. The van der Waals surface area contributed by atoms with E-state index in [-0.39, 0.29) is 23.4 Å². The molecule has 0 saturated carbocycles. The second-order valence-electron chi connectivity index (χ2n) is 5.85. The molecule has 2 atom stereocenters. The summed E-state index contributed by atoms with van der Waals surface area (Å²) in [4.78, 5) is 25.8. The standard InChI is InChI=1S/C13H25N3O2/c1-6-14-10-7-8-16(12(10)18)9(2)11(17)15-13(3,4)5/h9-10,14H,6-8H2,1-5H3,(H,15,17). The molecule has 1 aliphatic heterocycles. The van der Waals surface area contributed by atoms with E-state index in [1.807, 2.05) is 27.7 Å². The Labute approximate surface area is 109 Å². The Kier molecular flexibility index (Phi) is 4.73. The van der Waals surface area contributed by atoms with Gasteiger partial charge in [-0.3, -0.25) is 9.59 Å². The van der Waals surface area contributed by atoms with Crippen molar-refractivity contribution in [2.24, 2.45) is 0 Å². The lowest BCUT2D eigenvalue weighted by Crippen LogP contribution is -2.52. The number of rotatable bonds is 4. The van der Waals surface area contributed by atoms with E-state index in [0.717, 1.165) is 13.0 Å². The largest absolute Gasteiger partial charge is 0.350 e. The van der Waals surface area contributed by atoms with Crippen LogP contribution in [0.1, 0.15) is 41.0 Å². The monoisotopic (exact) mass is 255 g/mol. The first-order chi connectivity index (χ1) is 8.26. The molecular weight excluding hydrogens is 230 g/mol. The summed E-state index contributed by atoms with van der Waals surface area (Å²) in [6.07, 6.45) is 0.778. The number of likely N-dealkylation sites (N-methyl/N-ethyl adjacent to an activating group) is 1. The van der Waals surface area contributed by atoms with Gasteiger partial charge in [0.15, 0.2) is 0 Å². The predicted octanol–water partition coefficient (Wildman–Crippen LogP) is 0.500. The fourth-order valence-corrected chi connectivity index (χ4v) is 2.14. The third-order valence-corrected chi connectivity index (χ3v) is 3.04. The smallest absolute Gasteiger partial charge is 0.242 e. The third kappa shape index (κ3) is 3.70. The summed E-state index contributed by atoms with van der Waals surface area (Å²) in [5.74, 6) is -0.0543. The Hall–Kier alpha value is -1.10. The van der Waals surface area contributed by atoms with Gasteiger partial charge in [-0.15, -0.1) is 0 Å². The highest BCUT2D eigenvalue weighted by Gasteiger charge is 2.36. The van der Waals surface area contributed by atoms with Crippen LogP contribution >= 0.6 is 0 Å². The predicted molar refractivity (Wildman–Crippen MR) is 71.2 cm³/mol. The summed E-state index contributed by atoms with van der Waals surface area (Å²) in [5.41, 5.74) is -0.269. The van der Waals surface area contributed by atoms with Crippen molar-refractivity contribution in [1.29, 1.82) is 0 Å². The first-order valence-corrected chi connectivity index (χ1v) is 6.62. The molecule has 0 bridgehead atoms. The van der Waals surface area contributed by atoms with E-state index in [0.29, 0.717) is 6.54 Å². The Morgan fingerprint density at radius 2 is 2.11 bits per heavy atom. The molecule has 2 unspecified atom stereocenters. The van der Waals surface area contributed by atoms with E-state index in [2.05, 4.69) is 10.6 Å². The Morgan fingerprint density at radius 3 is 2.61 bits per heavy atom. The maximum Gasteiger partial charge on any atom is 0.242 e. The van der Waals surface area contributed by atoms with Gasteiger partial charge in [-0.05, 0) is 40.7 Å². The van der Waals surface area contributed by atoms with Crippen molar-refractivity contribution in [2.45, 2.75) is 58.7 Å². The molecule has 1 fully saturated rings. The SMILES string of the molecule is CCNC1CCN(C(C)C(=O)NC(C)(C)C)C1=O. The Balaban J connectivity index is 2.60. The molecule has 5 nitrogen and oxygen atoms in total. The van der Waals surface area contributed by atoms with Crippen LogP contribution < -0.4 is 10.6 Å². The van der Waals surface area contributed by atoms with Crippen LogP contribution in [-0.4, -0.2) is 47.4 Å². The zero-order valence-corrected chi connectivity index (χ0v) is 12.0. The molecule has 0 aromatic heterocycles. The van der Waals surface area contributed by atoms with Crippen molar-refractivity contribution in [1.82, 2.24) is 15.5 Å². The van der Waals surface area contributed by atoms with Crippen LogP contribution in [0.2, 0.25) is 0 Å². The molecule has 1 aliphatic rings. The van der Waals surface area contributed by atoms with Crippen LogP contribution in [0.15, 0.2) is 0 Å². The van der Waals surface area contributed by atoms with Crippen LogP contribution in [0.4, 0.5) is 0 Å². The van der Waals surface area contributed by atoms with E-state index in [1.54, 1.807) is 11.8 Å². The summed E-state index contributed by atoms with van der Waals surface area (Å²) in [6, 6.07) is -0.528. The highest BCUT2D eigenvalue weighted by molar-refractivity contribution is 5.91. The molecule has 104 valence electrons. The first-order valence-electron chi connectivity index (χ1n) is 6.62. The van der Waals surface area contributed by atoms with Gasteiger partial charge in [0.2, 0.25) is 11.8 Å². The van der Waals surface area contributed by atoms with Crippen LogP contribution in [0, 0.1) is 0 Å². The molecule has 0 spiro atoms. The van der Waals surface area contributed by atoms with Gasteiger partial charge < -0.3 is 15.5 Å². The summed E-state index contributed by atoms with van der Waals surface area (Å²) in [5, 5.41) is 6.05. The minimum absolute atomic E-state index is 0.0356. The number of carbonyl (C=O) groups excluding carboxylic acids is 2. The van der Waals surface area contributed by atoms with Crippen molar-refractivity contribution in [3.63, 3.8) is 0 Å². The average Bonchev–Trinajstić information content (AvgIpc) is 2.58. The fourth-order valence-electron chi connectivity index (χ4n) is 2.14. The molecule has 1 heterocycles. The van der Waals surface area contributed by atoms with Gasteiger partial charge in [0.05, 0.1) is 6.04 Å². The maximum atomic E-state index is 12.1. The van der Waals surface area contributed by atoms with E-state index in [4.69, 9.17) is 0 Å². The molecule has 1 saturated heterocycles. The molecular formula is C13H25N3O2. The minimum Gasteiger partial charge on any atom is -0.350 e. The number of nitrogens with zero attached hydrogens (tertiary/aromatic N) is 1. The van der Waals surface area contributed by atoms with Gasteiger partial charge in [0.1, 0.15) is 6.04 Å². The normalized spacial score (nSPS) is 22.2. The van der Waals surface area contributed by atoms with E-state index < -0.39 is 6.04 Å². The molecule has 5 heteroatoms. The van der Waals surface area contributed by atoms with Crippen LogP contribution in [0.5, 0.6) is 0 Å². The highest BCUT2D eigenvalue weighted by atomic mass is 16.2. The van der Waals surface area contributed by atoms with Crippen LogP contribution in [0.25, 0.3) is 0 Å². The second kappa shape index (κ2) is 5.69. The van der Waals surface area contributed by atoms with E-state index in [9.17, 15) is 9.59 Å². The van der Waals surface area contributed by atoms with E-state index >= 15 is 0 Å². The van der Waals surface area contributed by atoms with Gasteiger partial charge in [-0.2, -0.15) is 0 Å². The van der Waals surface area contributed by atoms with Crippen molar-refractivity contribution >= 4 is 11.8 Å². The lowest BCUT2D eigenvalue weighted by molar-refractivity contribution is -0.138. The van der Waals surface area contributed by atoms with Crippen LogP contribution in [-0.2, 0) is 9.59 Å². The summed E-state index contributed by atoms with van der Waals surface area (Å²) in [6.45, 7) is 11.0. The average molecular weight is 255 g/mol. The summed E-state index contributed by atoms with van der Waals surface area (Å²) < 4.78 is 0. The number of hydrogen-bond donors (Lipinski definition) is 2. The number of likely N-dealkylation sites (tertiary alicyclic amines) is 1. The van der Waals surface area contributed by atoms with Gasteiger partial charge in [-0.1, -0.05) is 6.92 Å². The Morgan fingerprint density at radius 1 is 1.50 bits per heavy atom. The van der Waals surface area contributed by atoms with Gasteiger partial charge in [0, 0.05) is 12.1 Å². The molecule has 0 aliphatic carbocycles. The third-order valence-electron chi connectivity index (χ3n) is 3.04. The molecule has 0 radical (unpaired) electrons. The molecule has 2 amide bonds. The first kappa shape index (κ1) is 15.0. The summed E-state index contributed by atoms with van der Waals surface area (Å²) in [7, 11) is 0. The summed E-state index contributed by atoms with van der Waals surface area (Å²) >= 11 is 0. The zero-order valence-electron chi connectivity index (χ0n) is 12.0. The van der Waals surface area contributed by atoms with Crippen molar-refractivity contribution in [2.75, 3.05) is 13.1 Å². The van der Waals surface area contributed by atoms with Crippen LogP contribution in [0.3, 0.4) is 0 Å². The van der Waals surface area contributed by atoms with Gasteiger partial charge in [0.25, 0.3) is 0 Å². The molecule has 0 aromatic rings. The molecule has 0 aromatic carbocycles. The Bertz CT molecular complexity index is 323. The topological polar surface area (TPSA) is 61.4 Å². The number of carbonyl (C=O) groups is 2. The lowest BCUT2D eigenvalue weighted by Gasteiger charge is -2.28. The van der Waals surface area contributed by atoms with Crippen molar-refractivity contribution < 1.29 is 9.59 Å². The second-order valence-corrected chi connectivity index (χ2v) is 5.85. The van der Waals surface area contributed by atoms with Crippen molar-refractivity contribution in [3.05, 3.63) is 0 Å². The molecule has 1 rings (SSSR count). The number of amides is 2. The van der Waals surface area contributed by atoms with Gasteiger partial charge >= 0.3 is 0 Å². The molecule has 18 heavy (non-hydrogen) atoms.